The molecule has 3 saturated heterocycles. The molecule has 4 heteroatoms. The van der Waals surface area contributed by atoms with Crippen LogP contribution in [0.3, 0.4) is 0 Å². The smallest absolute Gasteiger partial charge is 0.323 e. The molecular weight excluding hydrogens is 216 g/mol. The minimum Gasteiger partial charge on any atom is -0.464 e. The number of carbonyl (C=O) groups is 1. The van der Waals surface area contributed by atoms with Crippen LogP contribution < -0.4 is 5.32 Å². The van der Waals surface area contributed by atoms with E-state index < -0.39 is 0 Å². The Hall–Kier alpha value is -0.610. The summed E-state index contributed by atoms with van der Waals surface area (Å²) in [5, 5.41) is 3.61. The molecule has 0 aromatic heterocycles. The Kier molecular flexibility index (Phi) is 3.34. The van der Waals surface area contributed by atoms with E-state index in [4.69, 9.17) is 4.74 Å². The maximum absolute atomic E-state index is 11.5. The van der Waals surface area contributed by atoms with Crippen LogP contribution >= 0.6 is 0 Å². The first-order valence-corrected chi connectivity index (χ1v) is 6.98. The highest BCUT2D eigenvalue weighted by Crippen LogP contribution is 2.28. The van der Waals surface area contributed by atoms with E-state index in [2.05, 4.69) is 10.2 Å². The summed E-state index contributed by atoms with van der Waals surface area (Å²) in [6.45, 7) is 3.96. The summed E-state index contributed by atoms with van der Waals surface area (Å²) in [6.07, 6.45) is 6.05. The number of rotatable bonds is 2. The Labute approximate surface area is 103 Å². The van der Waals surface area contributed by atoms with Crippen molar-refractivity contribution in [3.05, 3.63) is 0 Å². The van der Waals surface area contributed by atoms with Crippen molar-refractivity contribution in [2.45, 2.75) is 44.2 Å². The number of esters is 1. The van der Waals surface area contributed by atoms with Gasteiger partial charge < -0.3 is 10.1 Å². The van der Waals surface area contributed by atoms with Crippen LogP contribution in [0.25, 0.3) is 0 Å². The van der Waals surface area contributed by atoms with Crippen LogP contribution in [0.4, 0.5) is 0 Å². The molecule has 0 aromatic carbocycles. The predicted octanol–water partition coefficient (Wildman–Crippen LogP) is 0.766. The molecule has 0 radical (unpaired) electrons. The van der Waals surface area contributed by atoms with Crippen LogP contribution in [-0.2, 0) is 9.53 Å². The molecule has 17 heavy (non-hydrogen) atoms. The molecule has 3 aliphatic rings. The van der Waals surface area contributed by atoms with Crippen molar-refractivity contribution >= 4 is 5.97 Å². The highest BCUT2D eigenvalue weighted by atomic mass is 16.5. The molecule has 3 aliphatic heterocycles. The third-order valence-electron chi connectivity index (χ3n) is 4.59. The fraction of sp³-hybridized carbons (Fsp3) is 0.923. The van der Waals surface area contributed by atoms with Gasteiger partial charge in [-0.05, 0) is 51.2 Å². The Morgan fingerprint density at radius 2 is 2.00 bits per heavy atom. The van der Waals surface area contributed by atoms with Crippen molar-refractivity contribution in [3.63, 3.8) is 0 Å². The average molecular weight is 238 g/mol. The van der Waals surface area contributed by atoms with Crippen molar-refractivity contribution in [2.75, 3.05) is 26.2 Å². The van der Waals surface area contributed by atoms with E-state index in [1.807, 2.05) is 0 Å². The summed E-state index contributed by atoms with van der Waals surface area (Å²) in [6, 6.07) is 0.806. The normalized spacial score (nSPS) is 36.4. The maximum Gasteiger partial charge on any atom is 0.323 e. The summed E-state index contributed by atoms with van der Waals surface area (Å²) >= 11 is 0. The largest absolute Gasteiger partial charge is 0.464 e. The lowest BCUT2D eigenvalue weighted by atomic mass is 9.88. The molecule has 0 aliphatic carbocycles. The molecule has 3 heterocycles. The van der Waals surface area contributed by atoms with Crippen LogP contribution in [-0.4, -0.2) is 49.2 Å². The third kappa shape index (κ3) is 2.33. The molecule has 0 saturated carbocycles. The van der Waals surface area contributed by atoms with E-state index in [-0.39, 0.29) is 12.0 Å². The van der Waals surface area contributed by atoms with Gasteiger partial charge in [-0.3, -0.25) is 9.69 Å². The third-order valence-corrected chi connectivity index (χ3v) is 4.59. The Morgan fingerprint density at radius 1 is 1.18 bits per heavy atom. The second-order valence-electron chi connectivity index (χ2n) is 5.55. The van der Waals surface area contributed by atoms with E-state index in [0.29, 0.717) is 6.61 Å². The van der Waals surface area contributed by atoms with Crippen LogP contribution in [0.2, 0.25) is 0 Å². The number of carbonyl (C=O) groups excluding carboxylic acids is 1. The Morgan fingerprint density at radius 3 is 2.59 bits per heavy atom. The summed E-state index contributed by atoms with van der Waals surface area (Å²) in [4.78, 5) is 13.9. The lowest BCUT2D eigenvalue weighted by Crippen LogP contribution is -2.46. The molecule has 96 valence electrons. The van der Waals surface area contributed by atoms with E-state index in [1.165, 1.54) is 32.2 Å². The summed E-state index contributed by atoms with van der Waals surface area (Å²) in [5.41, 5.74) is 0. The second kappa shape index (κ2) is 4.94. The van der Waals surface area contributed by atoms with E-state index in [0.717, 1.165) is 31.5 Å². The number of nitrogens with one attached hydrogen (secondary N) is 1. The van der Waals surface area contributed by atoms with E-state index in [9.17, 15) is 4.79 Å². The number of piperidine rings is 1. The zero-order valence-electron chi connectivity index (χ0n) is 10.4. The minimum atomic E-state index is 0.00226. The topological polar surface area (TPSA) is 41.6 Å². The second-order valence-corrected chi connectivity index (χ2v) is 5.55. The Bertz CT molecular complexity index is 281. The molecule has 3 rings (SSSR count). The maximum atomic E-state index is 11.5. The van der Waals surface area contributed by atoms with Gasteiger partial charge in [0.25, 0.3) is 0 Å². The summed E-state index contributed by atoms with van der Waals surface area (Å²) < 4.78 is 5.05. The monoisotopic (exact) mass is 238 g/mol. The predicted molar refractivity (Wildman–Crippen MR) is 64.7 cm³/mol. The number of hydrogen-bond donors (Lipinski definition) is 1. The van der Waals surface area contributed by atoms with Gasteiger partial charge in [-0.1, -0.05) is 0 Å². The molecule has 4 nitrogen and oxygen atoms in total. The van der Waals surface area contributed by atoms with Gasteiger partial charge in [-0.25, -0.2) is 0 Å². The van der Waals surface area contributed by atoms with Crippen molar-refractivity contribution in [2.24, 2.45) is 5.92 Å². The molecule has 1 N–H and O–H groups in total. The van der Waals surface area contributed by atoms with Gasteiger partial charge in [0.1, 0.15) is 6.04 Å². The highest BCUT2D eigenvalue weighted by molar-refractivity contribution is 5.77. The molecule has 3 fully saturated rings. The van der Waals surface area contributed by atoms with Crippen molar-refractivity contribution in [1.82, 2.24) is 10.2 Å². The minimum absolute atomic E-state index is 0.00226. The number of nitrogens with zero attached hydrogens (tertiary/aromatic N) is 1. The van der Waals surface area contributed by atoms with Gasteiger partial charge in [0.05, 0.1) is 6.61 Å². The van der Waals surface area contributed by atoms with Crippen LogP contribution in [0, 0.1) is 5.92 Å². The lowest BCUT2D eigenvalue weighted by Gasteiger charge is -2.36. The van der Waals surface area contributed by atoms with Gasteiger partial charge in [-0.15, -0.1) is 0 Å². The van der Waals surface area contributed by atoms with Gasteiger partial charge in [0, 0.05) is 12.5 Å². The number of ether oxygens (including phenoxy) is 1. The lowest BCUT2D eigenvalue weighted by molar-refractivity contribution is -0.142. The van der Waals surface area contributed by atoms with E-state index >= 15 is 0 Å². The van der Waals surface area contributed by atoms with Gasteiger partial charge >= 0.3 is 5.97 Å². The van der Waals surface area contributed by atoms with Crippen LogP contribution in [0.5, 0.6) is 0 Å². The first kappa shape index (κ1) is 11.5. The SMILES string of the molecule is O=C1OCCC1N1CCC(C2CCCN2)CC1. The van der Waals surface area contributed by atoms with Crippen LogP contribution in [0.1, 0.15) is 32.1 Å². The zero-order valence-corrected chi connectivity index (χ0v) is 10.4. The van der Waals surface area contributed by atoms with Gasteiger partial charge in [-0.2, -0.15) is 0 Å². The van der Waals surface area contributed by atoms with Crippen LogP contribution in [0.15, 0.2) is 0 Å². The fourth-order valence-electron chi connectivity index (χ4n) is 3.56. The molecule has 0 spiro atoms. The number of hydrogen-bond acceptors (Lipinski definition) is 4. The molecule has 0 amide bonds. The molecule has 2 atom stereocenters. The average Bonchev–Trinajstić information content (AvgIpc) is 3.00. The number of cyclic esters (lactones) is 1. The quantitative estimate of drug-likeness (QED) is 0.721. The van der Waals surface area contributed by atoms with Crippen molar-refractivity contribution in [3.8, 4) is 0 Å². The first-order chi connectivity index (χ1) is 8.34. The van der Waals surface area contributed by atoms with Crippen molar-refractivity contribution in [1.29, 1.82) is 0 Å². The highest BCUT2D eigenvalue weighted by Gasteiger charge is 2.36. The summed E-state index contributed by atoms with van der Waals surface area (Å²) in [7, 11) is 0. The first-order valence-electron chi connectivity index (χ1n) is 6.98. The van der Waals surface area contributed by atoms with Gasteiger partial charge in [0.2, 0.25) is 0 Å². The molecule has 0 bridgehead atoms. The molecule has 2 unspecified atom stereocenters. The van der Waals surface area contributed by atoms with E-state index in [1.54, 1.807) is 0 Å². The zero-order chi connectivity index (χ0) is 11.7. The number of likely N-dealkylation sites (tertiary alicyclic amines) is 1. The van der Waals surface area contributed by atoms with Gasteiger partial charge in [0.15, 0.2) is 0 Å². The molecular formula is C13H22N2O2. The fourth-order valence-corrected chi connectivity index (χ4v) is 3.56. The molecule has 0 aromatic rings. The standard InChI is InChI=1S/C13H22N2O2/c16-13-12(5-9-17-13)15-7-3-10(4-8-15)11-2-1-6-14-11/h10-12,14H,1-9H2. The van der Waals surface area contributed by atoms with Crippen molar-refractivity contribution < 1.29 is 9.53 Å². The summed E-state index contributed by atoms with van der Waals surface area (Å²) in [5.74, 6) is 0.827. The Balaban J connectivity index is 1.51.